The third kappa shape index (κ3) is 4.38. The fourth-order valence-electron chi connectivity index (χ4n) is 2.61. The first-order valence-corrected chi connectivity index (χ1v) is 10.1. The second-order valence-electron chi connectivity index (χ2n) is 5.58. The smallest absolute Gasteiger partial charge is 0.158 e. The van der Waals surface area contributed by atoms with Crippen molar-refractivity contribution >= 4 is 21.2 Å². The molecule has 0 bridgehead atoms. The highest BCUT2D eigenvalue weighted by atomic mass is 32.2. The van der Waals surface area contributed by atoms with Gasteiger partial charge in [-0.2, -0.15) is 0 Å². The van der Waals surface area contributed by atoms with E-state index in [4.69, 9.17) is 4.74 Å². The number of aromatic nitrogens is 1. The summed E-state index contributed by atoms with van der Waals surface area (Å²) in [5.41, 5.74) is 1.83. The third-order valence-corrected chi connectivity index (χ3v) is 6.14. The van der Waals surface area contributed by atoms with E-state index in [0.29, 0.717) is 12.3 Å². The third-order valence-electron chi connectivity index (χ3n) is 3.63. The molecule has 1 aromatic heterocycles. The van der Waals surface area contributed by atoms with Crippen LogP contribution in [0.2, 0.25) is 0 Å². The molecule has 6 heteroatoms. The standard InChI is InChI=1S/C16H19NO3S2/c18-22(19,12-15-7-4-8-20-15)11-14-10-21-16(17-14)9-13-5-2-1-3-6-13/h1-3,5-6,10,15H,4,7-9,11-12H2/t15-/m1/s1. The summed E-state index contributed by atoms with van der Waals surface area (Å²) in [7, 11) is -3.16. The minimum absolute atomic E-state index is 0.0121. The van der Waals surface area contributed by atoms with Crippen molar-refractivity contribution in [2.75, 3.05) is 12.4 Å². The fourth-order valence-corrected chi connectivity index (χ4v) is 5.09. The Bertz CT molecular complexity index is 704. The van der Waals surface area contributed by atoms with Gasteiger partial charge in [0.25, 0.3) is 0 Å². The van der Waals surface area contributed by atoms with E-state index in [1.165, 1.54) is 16.9 Å². The van der Waals surface area contributed by atoms with Crippen LogP contribution in [-0.4, -0.2) is 31.9 Å². The monoisotopic (exact) mass is 337 g/mol. The van der Waals surface area contributed by atoms with Crippen LogP contribution in [0.25, 0.3) is 0 Å². The van der Waals surface area contributed by atoms with Crippen LogP contribution >= 0.6 is 11.3 Å². The van der Waals surface area contributed by atoms with Crippen LogP contribution in [0.1, 0.15) is 29.1 Å². The SMILES string of the molecule is O=S(=O)(Cc1csc(Cc2ccccc2)n1)C[C@H]1CCCO1. The quantitative estimate of drug-likeness (QED) is 0.813. The maximum atomic E-state index is 12.2. The number of thiazole rings is 1. The minimum atomic E-state index is -3.16. The molecule has 1 fully saturated rings. The Morgan fingerprint density at radius 3 is 2.82 bits per heavy atom. The highest BCUT2D eigenvalue weighted by Gasteiger charge is 2.24. The molecule has 2 heterocycles. The van der Waals surface area contributed by atoms with Crippen LogP contribution < -0.4 is 0 Å². The van der Waals surface area contributed by atoms with E-state index < -0.39 is 9.84 Å². The van der Waals surface area contributed by atoms with E-state index in [1.807, 2.05) is 23.6 Å². The van der Waals surface area contributed by atoms with E-state index in [9.17, 15) is 8.42 Å². The van der Waals surface area contributed by atoms with Gasteiger partial charge < -0.3 is 4.74 Å². The Balaban J connectivity index is 1.61. The molecule has 4 nitrogen and oxygen atoms in total. The van der Waals surface area contributed by atoms with Crippen molar-refractivity contribution in [3.8, 4) is 0 Å². The number of ether oxygens (including phenoxy) is 1. The van der Waals surface area contributed by atoms with Crippen LogP contribution in [0, 0.1) is 0 Å². The van der Waals surface area contributed by atoms with Crippen molar-refractivity contribution in [3.05, 3.63) is 52.0 Å². The molecule has 1 aliphatic rings. The van der Waals surface area contributed by atoms with Gasteiger partial charge in [0, 0.05) is 18.4 Å². The summed E-state index contributed by atoms with van der Waals surface area (Å²) in [4.78, 5) is 4.46. The summed E-state index contributed by atoms with van der Waals surface area (Å²) in [5, 5.41) is 2.80. The van der Waals surface area contributed by atoms with Crippen molar-refractivity contribution in [3.63, 3.8) is 0 Å². The van der Waals surface area contributed by atoms with Gasteiger partial charge in [0.15, 0.2) is 9.84 Å². The van der Waals surface area contributed by atoms with Crippen molar-refractivity contribution in [1.82, 2.24) is 4.98 Å². The van der Waals surface area contributed by atoms with Gasteiger partial charge in [0.1, 0.15) is 0 Å². The highest BCUT2D eigenvalue weighted by Crippen LogP contribution is 2.19. The lowest BCUT2D eigenvalue weighted by atomic mass is 10.2. The highest BCUT2D eigenvalue weighted by molar-refractivity contribution is 7.90. The van der Waals surface area contributed by atoms with Crippen LogP contribution in [0.4, 0.5) is 0 Å². The zero-order valence-corrected chi connectivity index (χ0v) is 13.9. The average molecular weight is 337 g/mol. The number of nitrogens with zero attached hydrogens (tertiary/aromatic N) is 1. The molecular formula is C16H19NO3S2. The summed E-state index contributed by atoms with van der Waals surface area (Å²) in [5.74, 6) is 0.122. The molecule has 118 valence electrons. The van der Waals surface area contributed by atoms with Crippen molar-refractivity contribution in [2.45, 2.75) is 31.1 Å². The van der Waals surface area contributed by atoms with Crippen LogP contribution in [0.3, 0.4) is 0 Å². The van der Waals surface area contributed by atoms with E-state index in [-0.39, 0.29) is 17.6 Å². The molecule has 1 aromatic carbocycles. The second-order valence-corrected chi connectivity index (χ2v) is 8.64. The van der Waals surface area contributed by atoms with Crippen molar-refractivity contribution < 1.29 is 13.2 Å². The van der Waals surface area contributed by atoms with Gasteiger partial charge in [-0.25, -0.2) is 13.4 Å². The lowest BCUT2D eigenvalue weighted by Gasteiger charge is -2.08. The zero-order chi connectivity index (χ0) is 15.4. The number of hydrogen-bond donors (Lipinski definition) is 0. The van der Waals surface area contributed by atoms with Gasteiger partial charge in [-0.3, -0.25) is 0 Å². The Morgan fingerprint density at radius 1 is 1.27 bits per heavy atom. The summed E-state index contributed by atoms with van der Waals surface area (Å²) >= 11 is 1.52. The largest absolute Gasteiger partial charge is 0.377 e. The van der Waals surface area contributed by atoms with E-state index >= 15 is 0 Å². The van der Waals surface area contributed by atoms with Gasteiger partial charge in [0.05, 0.1) is 28.3 Å². The molecule has 0 unspecified atom stereocenters. The molecule has 0 spiro atoms. The van der Waals surface area contributed by atoms with Gasteiger partial charge in [-0.05, 0) is 18.4 Å². The number of sulfone groups is 1. The van der Waals surface area contributed by atoms with Crippen LogP contribution in [0.5, 0.6) is 0 Å². The maximum absolute atomic E-state index is 12.2. The summed E-state index contributed by atoms with van der Waals surface area (Å²) < 4.78 is 29.8. The molecule has 0 radical (unpaired) electrons. The molecule has 22 heavy (non-hydrogen) atoms. The molecule has 2 aromatic rings. The Hall–Kier alpha value is -1.24. The lowest BCUT2D eigenvalue weighted by molar-refractivity contribution is 0.127. The molecule has 1 atom stereocenters. The first-order valence-electron chi connectivity index (χ1n) is 7.40. The summed E-state index contributed by atoms with van der Waals surface area (Å²) in [6, 6.07) is 10.1. The number of benzene rings is 1. The van der Waals surface area contributed by atoms with E-state index in [0.717, 1.165) is 24.3 Å². The van der Waals surface area contributed by atoms with Crippen molar-refractivity contribution in [2.24, 2.45) is 0 Å². The number of rotatable bonds is 6. The van der Waals surface area contributed by atoms with E-state index in [2.05, 4.69) is 17.1 Å². The van der Waals surface area contributed by atoms with Gasteiger partial charge in [-0.1, -0.05) is 30.3 Å². The molecular weight excluding hydrogens is 318 g/mol. The second kappa shape index (κ2) is 6.89. The molecule has 3 rings (SSSR count). The Kier molecular flexibility index (Phi) is 4.90. The molecule has 0 N–H and O–H groups in total. The Morgan fingerprint density at radius 2 is 2.09 bits per heavy atom. The predicted molar refractivity (Wildman–Crippen MR) is 87.8 cm³/mol. The molecule has 1 aliphatic heterocycles. The van der Waals surface area contributed by atoms with E-state index in [1.54, 1.807) is 0 Å². The molecule has 0 saturated carbocycles. The average Bonchev–Trinajstić information content (AvgIpc) is 3.11. The summed E-state index contributed by atoms with van der Waals surface area (Å²) in [6.07, 6.45) is 2.41. The molecule has 0 amide bonds. The predicted octanol–water partition coefficient (Wildman–Crippen LogP) is 2.83. The zero-order valence-electron chi connectivity index (χ0n) is 12.3. The normalized spacial score (nSPS) is 18.6. The molecule has 0 aliphatic carbocycles. The summed E-state index contributed by atoms with van der Waals surface area (Å²) in [6.45, 7) is 0.679. The van der Waals surface area contributed by atoms with Gasteiger partial charge in [0.2, 0.25) is 0 Å². The maximum Gasteiger partial charge on any atom is 0.158 e. The first kappa shape index (κ1) is 15.6. The first-order chi connectivity index (χ1) is 10.6. The van der Waals surface area contributed by atoms with Gasteiger partial charge in [-0.15, -0.1) is 11.3 Å². The van der Waals surface area contributed by atoms with Gasteiger partial charge >= 0.3 is 0 Å². The van der Waals surface area contributed by atoms with Crippen LogP contribution in [-0.2, 0) is 26.7 Å². The van der Waals surface area contributed by atoms with Crippen molar-refractivity contribution in [1.29, 1.82) is 0 Å². The lowest BCUT2D eigenvalue weighted by Crippen LogP contribution is -2.21. The minimum Gasteiger partial charge on any atom is -0.377 e. The fraction of sp³-hybridized carbons (Fsp3) is 0.438. The Labute approximate surface area is 135 Å². The van der Waals surface area contributed by atoms with Crippen LogP contribution in [0.15, 0.2) is 35.7 Å². The topological polar surface area (TPSA) is 56.3 Å². The number of hydrogen-bond acceptors (Lipinski definition) is 5. The molecule has 1 saturated heterocycles.